The minimum atomic E-state index is -0.323. The molecule has 0 saturated heterocycles. The Labute approximate surface area is 121 Å². The molecule has 5 heteroatoms. The summed E-state index contributed by atoms with van der Waals surface area (Å²) in [5.74, 6) is 5.37. The van der Waals surface area contributed by atoms with E-state index in [2.05, 4.69) is 17.2 Å². The summed E-state index contributed by atoms with van der Waals surface area (Å²) in [6, 6.07) is 7.07. The number of aryl methyl sites for hydroxylation is 1. The lowest BCUT2D eigenvalue weighted by Gasteiger charge is -2.08. The first-order valence-corrected chi connectivity index (χ1v) is 6.33. The molecule has 0 aliphatic heterocycles. The number of amides is 1. The van der Waals surface area contributed by atoms with Crippen LogP contribution in [0.4, 0.5) is 5.69 Å². The molecule has 0 aliphatic carbocycles. The zero-order valence-electron chi connectivity index (χ0n) is 10.9. The van der Waals surface area contributed by atoms with Gasteiger partial charge in [0.2, 0.25) is 5.22 Å². The summed E-state index contributed by atoms with van der Waals surface area (Å²) in [6.07, 6.45) is 1.37. The number of rotatable bonds is 2. The Bertz CT molecular complexity index is 695. The number of benzene rings is 1. The lowest BCUT2D eigenvalue weighted by atomic mass is 10.1. The van der Waals surface area contributed by atoms with E-state index < -0.39 is 0 Å². The van der Waals surface area contributed by atoms with E-state index in [0.29, 0.717) is 17.8 Å². The van der Waals surface area contributed by atoms with Crippen molar-refractivity contribution in [1.29, 1.82) is 0 Å². The zero-order chi connectivity index (χ0) is 14.5. The van der Waals surface area contributed by atoms with Crippen molar-refractivity contribution in [3.05, 3.63) is 52.4 Å². The highest BCUT2D eigenvalue weighted by molar-refractivity contribution is 6.32. The Balaban J connectivity index is 2.25. The molecule has 0 radical (unpaired) electrons. The van der Waals surface area contributed by atoms with Crippen molar-refractivity contribution in [2.45, 2.75) is 6.92 Å². The molecule has 1 aromatic heterocycles. The molecular weight excluding hydrogens is 276 g/mol. The Hall–Kier alpha value is -2.22. The van der Waals surface area contributed by atoms with Crippen molar-refractivity contribution in [2.24, 2.45) is 5.73 Å². The van der Waals surface area contributed by atoms with Gasteiger partial charge in [-0.15, -0.1) is 0 Å². The van der Waals surface area contributed by atoms with Crippen LogP contribution in [-0.2, 0) is 0 Å². The third kappa shape index (κ3) is 3.21. The average molecular weight is 289 g/mol. The first-order chi connectivity index (χ1) is 9.61. The van der Waals surface area contributed by atoms with Gasteiger partial charge >= 0.3 is 0 Å². The van der Waals surface area contributed by atoms with Crippen molar-refractivity contribution in [1.82, 2.24) is 0 Å². The third-order valence-electron chi connectivity index (χ3n) is 2.68. The predicted octanol–water partition coefficient (Wildman–Crippen LogP) is 2.80. The van der Waals surface area contributed by atoms with Crippen LogP contribution in [0.25, 0.3) is 0 Å². The smallest absolute Gasteiger partial charge is 0.260 e. The molecule has 0 saturated carbocycles. The van der Waals surface area contributed by atoms with Crippen LogP contribution in [-0.4, -0.2) is 12.5 Å². The summed E-state index contributed by atoms with van der Waals surface area (Å²) in [6.45, 7) is 2.19. The Morgan fingerprint density at radius 2 is 2.25 bits per heavy atom. The second kappa shape index (κ2) is 6.29. The van der Waals surface area contributed by atoms with Crippen LogP contribution in [0.15, 0.2) is 34.9 Å². The average Bonchev–Trinajstić information content (AvgIpc) is 2.86. The van der Waals surface area contributed by atoms with E-state index in [-0.39, 0.29) is 11.1 Å². The monoisotopic (exact) mass is 288 g/mol. The summed E-state index contributed by atoms with van der Waals surface area (Å²) >= 11 is 5.78. The largest absolute Gasteiger partial charge is 0.452 e. The molecule has 0 spiro atoms. The van der Waals surface area contributed by atoms with Crippen LogP contribution < -0.4 is 11.1 Å². The summed E-state index contributed by atoms with van der Waals surface area (Å²) in [5, 5.41) is 2.86. The molecule has 0 atom stereocenters. The van der Waals surface area contributed by atoms with Crippen LogP contribution >= 0.6 is 11.6 Å². The molecule has 1 heterocycles. The summed E-state index contributed by atoms with van der Waals surface area (Å²) in [7, 11) is 0. The maximum Gasteiger partial charge on any atom is 0.260 e. The second-order valence-corrected chi connectivity index (χ2v) is 4.44. The van der Waals surface area contributed by atoms with E-state index in [4.69, 9.17) is 21.8 Å². The van der Waals surface area contributed by atoms with E-state index in [1.54, 1.807) is 6.07 Å². The normalized spacial score (nSPS) is 9.75. The molecule has 20 heavy (non-hydrogen) atoms. The molecule has 0 fully saturated rings. The van der Waals surface area contributed by atoms with Crippen LogP contribution in [0.1, 0.15) is 21.5 Å². The molecule has 102 valence electrons. The molecule has 0 aliphatic rings. The van der Waals surface area contributed by atoms with Gasteiger partial charge in [0.25, 0.3) is 5.91 Å². The maximum atomic E-state index is 12.1. The highest BCUT2D eigenvalue weighted by Crippen LogP contribution is 2.21. The molecule has 4 nitrogen and oxygen atoms in total. The first-order valence-electron chi connectivity index (χ1n) is 5.95. The molecule has 2 rings (SSSR count). The van der Waals surface area contributed by atoms with E-state index in [0.717, 1.165) is 11.1 Å². The lowest BCUT2D eigenvalue weighted by molar-refractivity contribution is 0.102. The van der Waals surface area contributed by atoms with Crippen molar-refractivity contribution in [3.8, 4) is 11.8 Å². The van der Waals surface area contributed by atoms with E-state index in [9.17, 15) is 4.79 Å². The first kappa shape index (κ1) is 14.2. The topological polar surface area (TPSA) is 68.3 Å². The van der Waals surface area contributed by atoms with Gasteiger partial charge in [0.15, 0.2) is 0 Å². The molecule has 1 amide bonds. The molecule has 3 N–H and O–H groups in total. The number of nitrogens with one attached hydrogen (secondary N) is 1. The number of halogens is 1. The van der Waals surface area contributed by atoms with Gasteiger partial charge < -0.3 is 15.5 Å². The number of furan rings is 1. The highest BCUT2D eigenvalue weighted by atomic mass is 35.5. The van der Waals surface area contributed by atoms with E-state index in [1.807, 2.05) is 19.1 Å². The summed E-state index contributed by atoms with van der Waals surface area (Å²) < 4.78 is 4.90. The van der Waals surface area contributed by atoms with E-state index in [1.165, 1.54) is 12.3 Å². The van der Waals surface area contributed by atoms with Crippen molar-refractivity contribution < 1.29 is 9.21 Å². The molecule has 0 unspecified atom stereocenters. The molecule has 2 aromatic rings. The van der Waals surface area contributed by atoms with E-state index >= 15 is 0 Å². The standard InChI is InChI=1S/C15H13ClN2O2/c1-10-4-5-11(3-2-7-17)9-13(10)18-15(19)12-6-8-20-14(12)16/h4-6,8-9H,7,17H2,1H3,(H,18,19). The summed E-state index contributed by atoms with van der Waals surface area (Å²) in [4.78, 5) is 12.1. The Kier molecular flexibility index (Phi) is 4.46. The number of hydrogen-bond donors (Lipinski definition) is 2. The van der Waals surface area contributed by atoms with Gasteiger partial charge in [-0.3, -0.25) is 4.79 Å². The molecular formula is C15H13ClN2O2. The van der Waals surface area contributed by atoms with Gasteiger partial charge in [0.1, 0.15) is 0 Å². The van der Waals surface area contributed by atoms with Crippen molar-refractivity contribution >= 4 is 23.2 Å². The zero-order valence-corrected chi connectivity index (χ0v) is 11.6. The van der Waals surface area contributed by atoms with Gasteiger partial charge in [-0.05, 0) is 42.3 Å². The number of anilines is 1. The fraction of sp³-hybridized carbons (Fsp3) is 0.133. The number of nitrogens with two attached hydrogens (primary N) is 1. The lowest BCUT2D eigenvalue weighted by Crippen LogP contribution is -2.12. The highest BCUT2D eigenvalue weighted by Gasteiger charge is 2.14. The van der Waals surface area contributed by atoms with Gasteiger partial charge in [0, 0.05) is 11.3 Å². The molecule has 0 bridgehead atoms. The van der Waals surface area contributed by atoms with Crippen LogP contribution in [0.5, 0.6) is 0 Å². The number of carbonyl (C=O) groups is 1. The van der Waals surface area contributed by atoms with Gasteiger partial charge in [-0.25, -0.2) is 0 Å². The third-order valence-corrected chi connectivity index (χ3v) is 2.98. The quantitative estimate of drug-likeness (QED) is 0.835. The fourth-order valence-electron chi connectivity index (χ4n) is 1.63. The van der Waals surface area contributed by atoms with Crippen LogP contribution in [0.3, 0.4) is 0 Å². The van der Waals surface area contributed by atoms with Crippen molar-refractivity contribution in [2.75, 3.05) is 11.9 Å². The predicted molar refractivity (Wildman–Crippen MR) is 78.8 cm³/mol. The van der Waals surface area contributed by atoms with Gasteiger partial charge in [-0.1, -0.05) is 17.9 Å². The second-order valence-electron chi connectivity index (χ2n) is 4.10. The number of hydrogen-bond acceptors (Lipinski definition) is 3. The van der Waals surface area contributed by atoms with Crippen LogP contribution in [0.2, 0.25) is 5.22 Å². The van der Waals surface area contributed by atoms with Crippen LogP contribution in [0, 0.1) is 18.8 Å². The minimum Gasteiger partial charge on any atom is -0.452 e. The van der Waals surface area contributed by atoms with Gasteiger partial charge in [-0.2, -0.15) is 0 Å². The Morgan fingerprint density at radius 3 is 2.90 bits per heavy atom. The van der Waals surface area contributed by atoms with Crippen molar-refractivity contribution in [3.63, 3.8) is 0 Å². The maximum absolute atomic E-state index is 12.1. The Morgan fingerprint density at radius 1 is 1.45 bits per heavy atom. The summed E-state index contributed by atoms with van der Waals surface area (Å²) in [5.41, 5.74) is 8.02. The molecule has 1 aromatic carbocycles. The van der Waals surface area contributed by atoms with Gasteiger partial charge in [0.05, 0.1) is 18.4 Å². The fourth-order valence-corrected chi connectivity index (χ4v) is 1.83. The SMILES string of the molecule is Cc1ccc(C#CCN)cc1NC(=O)c1ccoc1Cl. The number of carbonyl (C=O) groups excluding carboxylic acids is 1. The minimum absolute atomic E-state index is 0.0687.